The average Bonchev–Trinajstić information content (AvgIpc) is 2.35. The van der Waals surface area contributed by atoms with Gasteiger partial charge in [-0.25, -0.2) is 17.9 Å². The van der Waals surface area contributed by atoms with E-state index < -0.39 is 15.8 Å². The number of nitrogens with one attached hydrogen (secondary N) is 1. The van der Waals surface area contributed by atoms with Crippen LogP contribution >= 0.6 is 0 Å². The highest BCUT2D eigenvalue weighted by Gasteiger charge is 2.14. The summed E-state index contributed by atoms with van der Waals surface area (Å²) in [5.74, 6) is -1.23. The van der Waals surface area contributed by atoms with Gasteiger partial charge in [-0.1, -0.05) is 13.8 Å². The Morgan fingerprint density at radius 1 is 1.38 bits per heavy atom. The van der Waals surface area contributed by atoms with Crippen LogP contribution < -0.4 is 15.2 Å². The SMILES string of the molecule is CC(C)C(C)NC(=O)COc1ccc(S(N)(=O)=O)cc1F. The summed E-state index contributed by atoms with van der Waals surface area (Å²) in [6.07, 6.45) is 0. The monoisotopic (exact) mass is 318 g/mol. The van der Waals surface area contributed by atoms with Gasteiger partial charge in [0.2, 0.25) is 10.0 Å². The van der Waals surface area contributed by atoms with Crippen molar-refractivity contribution in [3.63, 3.8) is 0 Å². The van der Waals surface area contributed by atoms with Gasteiger partial charge in [0.25, 0.3) is 5.91 Å². The molecule has 0 bridgehead atoms. The van der Waals surface area contributed by atoms with Gasteiger partial charge < -0.3 is 10.1 Å². The minimum atomic E-state index is -3.97. The molecule has 0 heterocycles. The normalized spacial score (nSPS) is 13.0. The quantitative estimate of drug-likeness (QED) is 0.818. The van der Waals surface area contributed by atoms with Crippen molar-refractivity contribution in [2.24, 2.45) is 11.1 Å². The molecule has 6 nitrogen and oxygen atoms in total. The fourth-order valence-electron chi connectivity index (χ4n) is 1.38. The van der Waals surface area contributed by atoms with E-state index in [9.17, 15) is 17.6 Å². The van der Waals surface area contributed by atoms with Crippen LogP contribution in [-0.2, 0) is 14.8 Å². The fourth-order valence-corrected chi connectivity index (χ4v) is 1.91. The third-order valence-corrected chi connectivity index (χ3v) is 3.89. The van der Waals surface area contributed by atoms with Crippen LogP contribution in [0.1, 0.15) is 20.8 Å². The van der Waals surface area contributed by atoms with Crippen molar-refractivity contribution in [3.8, 4) is 5.75 Å². The topological polar surface area (TPSA) is 98.5 Å². The van der Waals surface area contributed by atoms with E-state index in [4.69, 9.17) is 9.88 Å². The zero-order valence-corrected chi connectivity index (χ0v) is 12.9. The summed E-state index contributed by atoms with van der Waals surface area (Å²) in [5, 5.41) is 7.58. The lowest BCUT2D eigenvalue weighted by molar-refractivity contribution is -0.124. The maximum Gasteiger partial charge on any atom is 0.258 e. The molecule has 0 saturated heterocycles. The molecule has 0 saturated carbocycles. The lowest BCUT2D eigenvalue weighted by Gasteiger charge is -2.17. The number of carbonyl (C=O) groups is 1. The summed E-state index contributed by atoms with van der Waals surface area (Å²) in [6.45, 7) is 5.40. The molecule has 1 amide bonds. The van der Waals surface area contributed by atoms with Crippen LogP contribution in [0.4, 0.5) is 4.39 Å². The summed E-state index contributed by atoms with van der Waals surface area (Å²) in [4.78, 5) is 11.2. The van der Waals surface area contributed by atoms with Crippen LogP contribution in [-0.4, -0.2) is 27.0 Å². The molecular weight excluding hydrogens is 299 g/mol. The molecule has 1 aromatic rings. The van der Waals surface area contributed by atoms with Gasteiger partial charge in [0.15, 0.2) is 18.2 Å². The van der Waals surface area contributed by atoms with E-state index in [1.54, 1.807) is 0 Å². The van der Waals surface area contributed by atoms with E-state index in [2.05, 4.69) is 5.32 Å². The lowest BCUT2D eigenvalue weighted by atomic mass is 10.1. The summed E-state index contributed by atoms with van der Waals surface area (Å²) in [7, 11) is -3.97. The van der Waals surface area contributed by atoms with Gasteiger partial charge in [0.1, 0.15) is 0 Å². The van der Waals surface area contributed by atoms with Crippen molar-refractivity contribution in [1.29, 1.82) is 0 Å². The van der Waals surface area contributed by atoms with Crippen LogP contribution in [0.25, 0.3) is 0 Å². The Kier molecular flexibility index (Phi) is 5.68. The first-order chi connectivity index (χ1) is 9.61. The number of nitrogens with two attached hydrogens (primary N) is 1. The Hall–Kier alpha value is -1.67. The molecule has 0 aliphatic heterocycles. The number of halogens is 1. The van der Waals surface area contributed by atoms with Gasteiger partial charge in [0.05, 0.1) is 4.90 Å². The molecule has 21 heavy (non-hydrogen) atoms. The highest BCUT2D eigenvalue weighted by atomic mass is 32.2. The Morgan fingerprint density at radius 2 is 2.00 bits per heavy atom. The molecule has 8 heteroatoms. The molecule has 0 radical (unpaired) electrons. The number of amides is 1. The number of rotatable bonds is 6. The standard InChI is InChI=1S/C13H19FN2O4S/c1-8(2)9(3)16-13(17)7-20-12-5-4-10(6-11(12)14)21(15,18)19/h4-6,8-9H,7H2,1-3H3,(H,16,17)(H2,15,18,19). The Morgan fingerprint density at radius 3 is 2.48 bits per heavy atom. The number of hydrogen-bond donors (Lipinski definition) is 2. The number of hydrogen-bond acceptors (Lipinski definition) is 4. The Labute approximate surface area is 123 Å². The molecule has 0 aliphatic rings. The van der Waals surface area contributed by atoms with Crippen molar-refractivity contribution in [2.45, 2.75) is 31.7 Å². The van der Waals surface area contributed by atoms with Gasteiger partial charge in [0, 0.05) is 6.04 Å². The van der Waals surface area contributed by atoms with Crippen LogP contribution in [0.5, 0.6) is 5.75 Å². The molecule has 0 aromatic heterocycles. The van der Waals surface area contributed by atoms with E-state index in [1.165, 1.54) is 0 Å². The molecule has 1 aromatic carbocycles. The zero-order valence-electron chi connectivity index (χ0n) is 12.1. The van der Waals surface area contributed by atoms with Gasteiger partial charge >= 0.3 is 0 Å². The van der Waals surface area contributed by atoms with Gasteiger partial charge in [-0.15, -0.1) is 0 Å². The maximum atomic E-state index is 13.6. The van der Waals surface area contributed by atoms with Crippen LogP contribution in [0.15, 0.2) is 23.1 Å². The van der Waals surface area contributed by atoms with Crippen LogP contribution in [0, 0.1) is 11.7 Å². The molecular formula is C13H19FN2O4S. The molecule has 0 aliphatic carbocycles. The Bertz CT molecular complexity index is 617. The predicted molar refractivity (Wildman–Crippen MR) is 75.7 cm³/mol. The van der Waals surface area contributed by atoms with E-state index in [0.717, 1.165) is 18.2 Å². The van der Waals surface area contributed by atoms with E-state index >= 15 is 0 Å². The third-order valence-electron chi connectivity index (χ3n) is 2.98. The van der Waals surface area contributed by atoms with Crippen molar-refractivity contribution < 1.29 is 22.3 Å². The second-order valence-corrected chi connectivity index (χ2v) is 6.59. The lowest BCUT2D eigenvalue weighted by Crippen LogP contribution is -2.39. The summed E-state index contributed by atoms with van der Waals surface area (Å²) >= 11 is 0. The molecule has 1 unspecified atom stereocenters. The van der Waals surface area contributed by atoms with Crippen molar-refractivity contribution in [2.75, 3.05) is 6.61 Å². The van der Waals surface area contributed by atoms with Crippen molar-refractivity contribution in [3.05, 3.63) is 24.0 Å². The molecule has 3 N–H and O–H groups in total. The van der Waals surface area contributed by atoms with E-state index in [0.29, 0.717) is 0 Å². The smallest absolute Gasteiger partial charge is 0.258 e. The summed E-state index contributed by atoms with van der Waals surface area (Å²) < 4.78 is 40.8. The van der Waals surface area contributed by atoms with Gasteiger partial charge in [-0.3, -0.25) is 4.79 Å². The number of benzene rings is 1. The van der Waals surface area contributed by atoms with E-state index in [1.807, 2.05) is 20.8 Å². The maximum absolute atomic E-state index is 13.6. The van der Waals surface area contributed by atoms with Crippen molar-refractivity contribution >= 4 is 15.9 Å². The number of ether oxygens (including phenoxy) is 1. The number of sulfonamides is 1. The third kappa shape index (κ3) is 5.31. The zero-order chi connectivity index (χ0) is 16.2. The second-order valence-electron chi connectivity index (χ2n) is 5.03. The van der Waals surface area contributed by atoms with Crippen LogP contribution in [0.2, 0.25) is 0 Å². The summed E-state index contributed by atoms with van der Waals surface area (Å²) in [5.41, 5.74) is 0. The highest BCUT2D eigenvalue weighted by molar-refractivity contribution is 7.89. The van der Waals surface area contributed by atoms with Crippen molar-refractivity contribution in [1.82, 2.24) is 5.32 Å². The fraction of sp³-hybridized carbons (Fsp3) is 0.462. The average molecular weight is 318 g/mol. The largest absolute Gasteiger partial charge is 0.481 e. The molecule has 1 rings (SSSR count). The molecule has 118 valence electrons. The summed E-state index contributed by atoms with van der Waals surface area (Å²) in [6, 6.07) is 2.95. The molecule has 0 spiro atoms. The molecule has 1 atom stereocenters. The minimum Gasteiger partial charge on any atom is -0.481 e. The van der Waals surface area contributed by atoms with Crippen LogP contribution in [0.3, 0.4) is 0 Å². The van der Waals surface area contributed by atoms with Gasteiger partial charge in [-0.2, -0.15) is 0 Å². The van der Waals surface area contributed by atoms with Gasteiger partial charge in [-0.05, 0) is 31.0 Å². The molecule has 0 fully saturated rings. The number of primary sulfonamides is 1. The van der Waals surface area contributed by atoms with E-state index in [-0.39, 0.29) is 35.1 Å². The number of carbonyl (C=O) groups excluding carboxylic acids is 1. The minimum absolute atomic E-state index is 0.0318. The first kappa shape index (κ1) is 17.4. The second kappa shape index (κ2) is 6.86. The predicted octanol–water partition coefficient (Wildman–Crippen LogP) is 1.01. The Balaban J connectivity index is 2.67. The highest BCUT2D eigenvalue weighted by Crippen LogP contribution is 2.20. The first-order valence-electron chi connectivity index (χ1n) is 6.35. The first-order valence-corrected chi connectivity index (χ1v) is 7.90.